The van der Waals surface area contributed by atoms with Crippen molar-refractivity contribution < 1.29 is 13.2 Å². The van der Waals surface area contributed by atoms with Gasteiger partial charge in [0.2, 0.25) is 15.9 Å². The van der Waals surface area contributed by atoms with Crippen LogP contribution in [0.4, 0.5) is 5.69 Å². The third-order valence-electron chi connectivity index (χ3n) is 4.45. The summed E-state index contributed by atoms with van der Waals surface area (Å²) < 4.78 is 35.9. The van der Waals surface area contributed by atoms with Crippen LogP contribution in [0.25, 0.3) is 11.0 Å². The van der Waals surface area contributed by atoms with Crippen LogP contribution in [0.1, 0.15) is 12.8 Å². The van der Waals surface area contributed by atoms with Crippen LogP contribution in [0, 0.1) is 0 Å². The highest BCUT2D eigenvalue weighted by Gasteiger charge is 2.40. The highest BCUT2D eigenvalue weighted by molar-refractivity contribution is 7.89. The molecule has 2 heterocycles. The van der Waals surface area contributed by atoms with E-state index in [1.807, 2.05) is 0 Å². The standard InChI is InChI=1S/C17H15ClN4O3S2/c18-11-6-8-12(9-7-11)19-17(23)14-4-2-10-22(14)27(24,25)15-5-1-3-13-16(15)21-26-20-13/h1,3,5-9,14H,2,4,10H2,(H,19,23)/t14-/m0/s1. The van der Waals surface area contributed by atoms with Gasteiger partial charge in [-0.1, -0.05) is 17.7 Å². The van der Waals surface area contributed by atoms with Crippen molar-refractivity contribution in [2.75, 3.05) is 11.9 Å². The molecule has 0 spiro atoms. The summed E-state index contributed by atoms with van der Waals surface area (Å²) in [4.78, 5) is 12.8. The normalized spacial score (nSPS) is 18.0. The largest absolute Gasteiger partial charge is 0.325 e. The van der Waals surface area contributed by atoms with E-state index in [1.165, 1.54) is 10.4 Å². The molecule has 1 aliphatic rings. The molecule has 1 N–H and O–H groups in total. The van der Waals surface area contributed by atoms with E-state index in [-0.39, 0.29) is 17.3 Å². The average molecular weight is 423 g/mol. The lowest BCUT2D eigenvalue weighted by atomic mass is 10.2. The fourth-order valence-corrected chi connectivity index (χ4v) is 5.70. The number of benzene rings is 2. The summed E-state index contributed by atoms with van der Waals surface area (Å²) in [6.07, 6.45) is 1.08. The van der Waals surface area contributed by atoms with E-state index in [9.17, 15) is 13.2 Å². The fourth-order valence-electron chi connectivity index (χ4n) is 3.16. The molecule has 0 radical (unpaired) electrons. The van der Waals surface area contributed by atoms with Gasteiger partial charge in [0.1, 0.15) is 22.0 Å². The molecule has 27 heavy (non-hydrogen) atoms. The first kappa shape index (κ1) is 18.3. The lowest BCUT2D eigenvalue weighted by molar-refractivity contribution is -0.119. The Bertz CT molecular complexity index is 1100. The predicted octanol–water partition coefficient (Wildman–Crippen LogP) is 3.14. The van der Waals surface area contributed by atoms with Crippen molar-refractivity contribution in [3.05, 3.63) is 47.5 Å². The van der Waals surface area contributed by atoms with E-state index in [0.29, 0.717) is 34.6 Å². The number of aromatic nitrogens is 2. The quantitative estimate of drug-likeness (QED) is 0.697. The molecule has 4 rings (SSSR count). The molecule has 1 atom stereocenters. The molecule has 1 saturated heterocycles. The van der Waals surface area contributed by atoms with Gasteiger partial charge in [0.05, 0.1) is 11.7 Å². The van der Waals surface area contributed by atoms with Crippen LogP contribution in [0.15, 0.2) is 47.4 Å². The monoisotopic (exact) mass is 422 g/mol. The number of anilines is 1. The molecule has 3 aromatic rings. The Hall–Kier alpha value is -2.07. The summed E-state index contributed by atoms with van der Waals surface area (Å²) >= 11 is 6.82. The highest BCUT2D eigenvalue weighted by atomic mass is 35.5. The molecule has 1 aliphatic heterocycles. The minimum Gasteiger partial charge on any atom is -0.325 e. The minimum atomic E-state index is -3.87. The summed E-state index contributed by atoms with van der Waals surface area (Å²) in [6, 6.07) is 10.8. The van der Waals surface area contributed by atoms with Crippen molar-refractivity contribution in [3.63, 3.8) is 0 Å². The smallest absolute Gasteiger partial charge is 0.246 e. The lowest BCUT2D eigenvalue weighted by Crippen LogP contribution is -2.43. The van der Waals surface area contributed by atoms with Crippen LogP contribution in [-0.2, 0) is 14.8 Å². The van der Waals surface area contributed by atoms with Gasteiger partial charge in [0, 0.05) is 17.3 Å². The van der Waals surface area contributed by atoms with Gasteiger partial charge >= 0.3 is 0 Å². The molecule has 0 bridgehead atoms. The summed E-state index contributed by atoms with van der Waals surface area (Å²) in [5, 5.41) is 3.33. The summed E-state index contributed by atoms with van der Waals surface area (Å²) in [7, 11) is -3.87. The maximum atomic E-state index is 13.2. The molecular formula is C17H15ClN4O3S2. The van der Waals surface area contributed by atoms with Crippen LogP contribution >= 0.6 is 23.3 Å². The summed E-state index contributed by atoms with van der Waals surface area (Å²) in [5.74, 6) is -0.359. The predicted molar refractivity (Wildman–Crippen MR) is 104 cm³/mol. The van der Waals surface area contributed by atoms with Crippen molar-refractivity contribution in [2.45, 2.75) is 23.8 Å². The first-order chi connectivity index (χ1) is 13.0. The van der Waals surface area contributed by atoms with Crippen molar-refractivity contribution in [1.29, 1.82) is 0 Å². The van der Waals surface area contributed by atoms with E-state index in [2.05, 4.69) is 14.1 Å². The SMILES string of the molecule is O=C(Nc1ccc(Cl)cc1)[C@@H]1CCCN1S(=O)(=O)c1cccc2nsnc12. The molecule has 140 valence electrons. The molecule has 1 fully saturated rings. The Labute approximate surface area is 165 Å². The lowest BCUT2D eigenvalue weighted by Gasteiger charge is -2.23. The maximum Gasteiger partial charge on any atom is 0.246 e. The number of carbonyl (C=O) groups excluding carboxylic acids is 1. The Morgan fingerprint density at radius 3 is 2.74 bits per heavy atom. The van der Waals surface area contributed by atoms with Gasteiger partial charge < -0.3 is 5.32 Å². The van der Waals surface area contributed by atoms with E-state index < -0.39 is 16.1 Å². The zero-order valence-electron chi connectivity index (χ0n) is 14.0. The molecular weight excluding hydrogens is 408 g/mol. The molecule has 0 aliphatic carbocycles. The first-order valence-corrected chi connectivity index (χ1v) is 10.8. The molecule has 10 heteroatoms. The Kier molecular flexibility index (Phi) is 4.85. The Balaban J connectivity index is 1.63. The number of fused-ring (bicyclic) bond motifs is 1. The first-order valence-electron chi connectivity index (χ1n) is 8.26. The number of hydrogen-bond donors (Lipinski definition) is 1. The topological polar surface area (TPSA) is 92.3 Å². The number of halogens is 1. The van der Waals surface area contributed by atoms with Gasteiger partial charge in [-0.2, -0.15) is 13.1 Å². The van der Waals surface area contributed by atoms with E-state index >= 15 is 0 Å². The van der Waals surface area contributed by atoms with E-state index in [1.54, 1.807) is 36.4 Å². The number of carbonyl (C=O) groups is 1. The molecule has 1 aromatic heterocycles. The van der Waals surface area contributed by atoms with Gasteiger partial charge in [0.15, 0.2) is 0 Å². The zero-order chi connectivity index (χ0) is 19.0. The molecule has 0 saturated carbocycles. The van der Waals surface area contributed by atoms with Crippen LogP contribution in [0.3, 0.4) is 0 Å². The average Bonchev–Trinajstić information content (AvgIpc) is 3.32. The Morgan fingerprint density at radius 2 is 1.96 bits per heavy atom. The molecule has 0 unspecified atom stereocenters. The molecule has 1 amide bonds. The Morgan fingerprint density at radius 1 is 1.19 bits per heavy atom. The third kappa shape index (κ3) is 3.43. The van der Waals surface area contributed by atoms with Crippen LogP contribution in [-0.4, -0.2) is 40.0 Å². The van der Waals surface area contributed by atoms with Crippen molar-refractivity contribution in [1.82, 2.24) is 13.1 Å². The summed E-state index contributed by atoms with van der Waals surface area (Å²) in [6.45, 7) is 0.287. The third-order valence-corrected chi connectivity index (χ3v) is 7.19. The van der Waals surface area contributed by atoms with Gasteiger partial charge in [-0.25, -0.2) is 8.42 Å². The van der Waals surface area contributed by atoms with E-state index in [4.69, 9.17) is 11.6 Å². The maximum absolute atomic E-state index is 13.2. The second-order valence-electron chi connectivity index (χ2n) is 6.16. The number of amides is 1. The van der Waals surface area contributed by atoms with E-state index in [0.717, 1.165) is 11.7 Å². The second-order valence-corrected chi connectivity index (χ2v) is 8.98. The fraction of sp³-hybridized carbons (Fsp3) is 0.235. The molecule has 2 aromatic carbocycles. The van der Waals surface area contributed by atoms with Gasteiger partial charge in [-0.15, -0.1) is 0 Å². The van der Waals surface area contributed by atoms with Crippen molar-refractivity contribution in [3.8, 4) is 0 Å². The van der Waals surface area contributed by atoms with Crippen LogP contribution in [0.5, 0.6) is 0 Å². The number of nitrogens with one attached hydrogen (secondary N) is 1. The molecule has 7 nitrogen and oxygen atoms in total. The van der Waals surface area contributed by atoms with Gasteiger partial charge in [-0.05, 0) is 49.2 Å². The van der Waals surface area contributed by atoms with Crippen molar-refractivity contribution in [2.24, 2.45) is 0 Å². The number of sulfonamides is 1. The number of hydrogen-bond acceptors (Lipinski definition) is 6. The van der Waals surface area contributed by atoms with Gasteiger partial charge in [-0.3, -0.25) is 4.79 Å². The van der Waals surface area contributed by atoms with Gasteiger partial charge in [0.25, 0.3) is 0 Å². The highest BCUT2D eigenvalue weighted by Crippen LogP contribution is 2.30. The summed E-state index contributed by atoms with van der Waals surface area (Å²) in [5.41, 5.74) is 1.44. The zero-order valence-corrected chi connectivity index (χ0v) is 16.4. The van der Waals surface area contributed by atoms with Crippen LogP contribution < -0.4 is 5.32 Å². The van der Waals surface area contributed by atoms with Crippen LogP contribution in [0.2, 0.25) is 5.02 Å². The number of nitrogens with zero attached hydrogens (tertiary/aromatic N) is 3. The second kappa shape index (κ2) is 7.16. The van der Waals surface area contributed by atoms with Crippen molar-refractivity contribution >= 4 is 56.0 Å². The minimum absolute atomic E-state index is 0.0833. The number of rotatable bonds is 4.